The number of rotatable bonds is 10. The van der Waals surface area contributed by atoms with Crippen LogP contribution < -0.4 is 11.2 Å². The molecule has 3 aromatic rings. The van der Waals surface area contributed by atoms with Crippen LogP contribution in [-0.2, 0) is 13.0 Å². The molecule has 0 bridgehead atoms. The van der Waals surface area contributed by atoms with Crippen LogP contribution in [0, 0.1) is 0 Å². The molecular weight excluding hydrogens is 428 g/mol. The number of likely N-dealkylation sites (N-methyl/N-ethyl adjacent to an activating group) is 1. The SMILES string of the molecule is CCN1CCN(CCCCC(=O)c2ccc3c(=O)n(CCc4ccccc4)c(=O)[nH]c3c2)CC1. The van der Waals surface area contributed by atoms with Crippen molar-refractivity contribution in [2.75, 3.05) is 39.3 Å². The smallest absolute Gasteiger partial charge is 0.307 e. The first-order chi connectivity index (χ1) is 16.5. The summed E-state index contributed by atoms with van der Waals surface area (Å²) < 4.78 is 1.23. The molecule has 0 amide bonds. The molecule has 1 fully saturated rings. The van der Waals surface area contributed by atoms with Crippen LogP contribution in [0.4, 0.5) is 0 Å². The average molecular weight is 463 g/mol. The minimum atomic E-state index is -0.443. The molecule has 0 aliphatic carbocycles. The van der Waals surface area contributed by atoms with E-state index in [1.165, 1.54) is 4.57 Å². The van der Waals surface area contributed by atoms with Crippen molar-refractivity contribution in [2.24, 2.45) is 0 Å². The number of piperazine rings is 1. The molecule has 180 valence electrons. The fourth-order valence-electron chi connectivity index (χ4n) is 4.61. The largest absolute Gasteiger partial charge is 0.328 e. The third-order valence-electron chi connectivity index (χ3n) is 6.81. The monoisotopic (exact) mass is 462 g/mol. The fraction of sp³-hybridized carbons (Fsp3) is 0.444. The van der Waals surface area contributed by atoms with Crippen LogP contribution in [-0.4, -0.2) is 64.4 Å². The van der Waals surface area contributed by atoms with E-state index in [2.05, 4.69) is 21.7 Å². The summed E-state index contributed by atoms with van der Waals surface area (Å²) in [5.41, 5.74) is 1.27. The Morgan fingerprint density at radius 2 is 1.65 bits per heavy atom. The number of aromatic amines is 1. The van der Waals surface area contributed by atoms with E-state index < -0.39 is 5.69 Å². The van der Waals surface area contributed by atoms with E-state index in [9.17, 15) is 14.4 Å². The second kappa shape index (κ2) is 11.4. The van der Waals surface area contributed by atoms with Gasteiger partial charge < -0.3 is 14.8 Å². The van der Waals surface area contributed by atoms with Crippen molar-refractivity contribution in [2.45, 2.75) is 39.2 Å². The molecule has 1 aliphatic heterocycles. The Balaban J connectivity index is 1.35. The van der Waals surface area contributed by atoms with Crippen LogP contribution >= 0.6 is 0 Å². The lowest BCUT2D eigenvalue weighted by atomic mass is 10.0. The molecule has 1 aliphatic rings. The molecule has 0 atom stereocenters. The average Bonchev–Trinajstić information content (AvgIpc) is 2.87. The Morgan fingerprint density at radius 3 is 2.38 bits per heavy atom. The number of nitrogens with one attached hydrogen (secondary N) is 1. The van der Waals surface area contributed by atoms with Gasteiger partial charge in [0.25, 0.3) is 5.56 Å². The van der Waals surface area contributed by atoms with Crippen molar-refractivity contribution in [3.05, 3.63) is 80.5 Å². The number of H-pyrrole nitrogens is 1. The van der Waals surface area contributed by atoms with E-state index in [1.54, 1.807) is 18.2 Å². The number of nitrogens with zero attached hydrogens (tertiary/aromatic N) is 3. The highest BCUT2D eigenvalue weighted by atomic mass is 16.2. The zero-order valence-corrected chi connectivity index (χ0v) is 20.0. The Labute approximate surface area is 200 Å². The zero-order chi connectivity index (χ0) is 23.9. The maximum atomic E-state index is 12.9. The highest BCUT2D eigenvalue weighted by Gasteiger charge is 2.15. The number of aromatic nitrogens is 2. The van der Waals surface area contributed by atoms with E-state index in [4.69, 9.17) is 0 Å². The maximum Gasteiger partial charge on any atom is 0.328 e. The predicted octanol–water partition coefficient (Wildman–Crippen LogP) is 2.92. The Hall–Kier alpha value is -3.03. The number of ketones is 1. The van der Waals surface area contributed by atoms with Crippen LogP contribution in [0.1, 0.15) is 42.1 Å². The summed E-state index contributed by atoms with van der Waals surface area (Å²) in [5.74, 6) is 0.0480. The molecule has 0 saturated carbocycles. The number of hydrogen-bond acceptors (Lipinski definition) is 5. The molecule has 1 aromatic heterocycles. The van der Waals surface area contributed by atoms with E-state index in [-0.39, 0.29) is 11.3 Å². The molecule has 7 heteroatoms. The summed E-state index contributed by atoms with van der Waals surface area (Å²) in [6.45, 7) is 9.09. The number of Topliss-reactive ketones (excluding diaryl/α,β-unsaturated/α-hetero) is 1. The third-order valence-corrected chi connectivity index (χ3v) is 6.81. The number of aryl methyl sites for hydroxylation is 1. The lowest BCUT2D eigenvalue weighted by Gasteiger charge is -2.33. The number of benzene rings is 2. The molecule has 2 aromatic carbocycles. The van der Waals surface area contributed by atoms with Gasteiger partial charge in [0.1, 0.15) is 0 Å². The minimum Gasteiger partial charge on any atom is -0.307 e. The van der Waals surface area contributed by atoms with Gasteiger partial charge >= 0.3 is 5.69 Å². The summed E-state index contributed by atoms with van der Waals surface area (Å²) in [7, 11) is 0. The van der Waals surface area contributed by atoms with Crippen molar-refractivity contribution < 1.29 is 4.79 Å². The molecule has 0 spiro atoms. The number of unbranched alkanes of at least 4 members (excludes halogenated alkanes) is 1. The molecule has 34 heavy (non-hydrogen) atoms. The summed E-state index contributed by atoms with van der Waals surface area (Å²) in [4.78, 5) is 45.9. The van der Waals surface area contributed by atoms with Crippen molar-refractivity contribution in [1.29, 1.82) is 0 Å². The van der Waals surface area contributed by atoms with Gasteiger partial charge in [0.2, 0.25) is 0 Å². The minimum absolute atomic E-state index is 0.0480. The standard InChI is InChI=1S/C27H34N4O3/c1-2-29-16-18-30(19-17-29)14-7-6-10-25(32)22-11-12-23-24(20-22)28-27(34)31(26(23)33)15-13-21-8-4-3-5-9-21/h3-5,8-9,11-12,20H,2,6-7,10,13-19H2,1H3,(H,28,34). The summed E-state index contributed by atoms with van der Waals surface area (Å²) in [6, 6.07) is 14.8. The van der Waals surface area contributed by atoms with E-state index in [0.29, 0.717) is 35.9 Å². The second-order valence-electron chi connectivity index (χ2n) is 9.04. The molecule has 0 unspecified atom stereocenters. The number of carbonyl (C=O) groups is 1. The van der Waals surface area contributed by atoms with Gasteiger partial charge in [-0.05, 0) is 50.0 Å². The van der Waals surface area contributed by atoms with Crippen molar-refractivity contribution in [1.82, 2.24) is 19.4 Å². The van der Waals surface area contributed by atoms with Gasteiger partial charge in [-0.3, -0.25) is 14.2 Å². The second-order valence-corrected chi connectivity index (χ2v) is 9.04. The van der Waals surface area contributed by atoms with E-state index in [1.807, 2.05) is 30.3 Å². The first kappa shape index (κ1) is 24.1. The van der Waals surface area contributed by atoms with Crippen molar-refractivity contribution in [3.63, 3.8) is 0 Å². The number of hydrogen-bond donors (Lipinski definition) is 1. The van der Waals surface area contributed by atoms with E-state index >= 15 is 0 Å². The molecule has 7 nitrogen and oxygen atoms in total. The van der Waals surface area contributed by atoms with Gasteiger partial charge in [-0.15, -0.1) is 0 Å². The first-order valence-electron chi connectivity index (χ1n) is 12.3. The zero-order valence-electron chi connectivity index (χ0n) is 20.0. The summed E-state index contributed by atoms with van der Waals surface area (Å²) in [6.07, 6.45) is 2.90. The third kappa shape index (κ3) is 5.90. The number of fused-ring (bicyclic) bond motifs is 1. The van der Waals surface area contributed by atoms with Crippen LogP contribution in [0.2, 0.25) is 0 Å². The van der Waals surface area contributed by atoms with Gasteiger partial charge in [-0.2, -0.15) is 0 Å². The Morgan fingerprint density at radius 1 is 0.912 bits per heavy atom. The first-order valence-corrected chi connectivity index (χ1v) is 12.3. The molecule has 1 saturated heterocycles. The molecule has 1 N–H and O–H groups in total. The molecular formula is C27H34N4O3. The molecule has 0 radical (unpaired) electrons. The molecule has 2 heterocycles. The lowest BCUT2D eigenvalue weighted by molar-refractivity contribution is 0.0974. The topological polar surface area (TPSA) is 78.4 Å². The van der Waals surface area contributed by atoms with Gasteiger partial charge in [0.15, 0.2) is 5.78 Å². The van der Waals surface area contributed by atoms with Gasteiger partial charge in [-0.1, -0.05) is 43.3 Å². The summed E-state index contributed by atoms with van der Waals surface area (Å²) in [5, 5.41) is 0.426. The normalized spacial score (nSPS) is 15.1. The summed E-state index contributed by atoms with van der Waals surface area (Å²) >= 11 is 0. The quantitative estimate of drug-likeness (QED) is 0.370. The van der Waals surface area contributed by atoms with Gasteiger partial charge in [0.05, 0.1) is 10.9 Å². The van der Waals surface area contributed by atoms with Gasteiger partial charge in [0, 0.05) is 44.7 Å². The Kier molecular flexibility index (Phi) is 8.08. The highest BCUT2D eigenvalue weighted by molar-refractivity contribution is 5.99. The van der Waals surface area contributed by atoms with Crippen LogP contribution in [0.5, 0.6) is 0 Å². The lowest BCUT2D eigenvalue weighted by Crippen LogP contribution is -2.46. The van der Waals surface area contributed by atoms with Crippen LogP contribution in [0.25, 0.3) is 10.9 Å². The van der Waals surface area contributed by atoms with Crippen molar-refractivity contribution >= 4 is 16.7 Å². The molecule has 4 rings (SSSR count). The highest BCUT2D eigenvalue weighted by Crippen LogP contribution is 2.13. The number of carbonyl (C=O) groups excluding carboxylic acids is 1. The van der Waals surface area contributed by atoms with Crippen molar-refractivity contribution in [3.8, 4) is 0 Å². The fourth-order valence-corrected chi connectivity index (χ4v) is 4.61. The van der Waals surface area contributed by atoms with E-state index in [0.717, 1.165) is 57.7 Å². The van der Waals surface area contributed by atoms with Gasteiger partial charge in [-0.25, -0.2) is 4.79 Å². The Bertz CT molecular complexity index is 1220. The van der Waals surface area contributed by atoms with Crippen LogP contribution in [0.15, 0.2) is 58.1 Å². The van der Waals surface area contributed by atoms with Crippen LogP contribution in [0.3, 0.4) is 0 Å². The maximum absolute atomic E-state index is 12.9. The predicted molar refractivity (Wildman–Crippen MR) is 136 cm³/mol.